The first-order chi connectivity index (χ1) is 17.8. The first-order valence-electron chi connectivity index (χ1n) is 16.6. The van der Waals surface area contributed by atoms with Crippen molar-refractivity contribution in [3.05, 3.63) is 0 Å². The van der Waals surface area contributed by atoms with Crippen molar-refractivity contribution in [3.8, 4) is 0 Å². The molecule has 0 bridgehead atoms. The van der Waals surface area contributed by atoms with Crippen molar-refractivity contribution in [2.75, 3.05) is 33.3 Å². The fourth-order valence-electron chi connectivity index (χ4n) is 5.47. The fraction of sp³-hybridized carbons (Fsp3) is 1.00. The Morgan fingerprint density at radius 3 is 0.946 bits per heavy atom. The Morgan fingerprint density at radius 1 is 0.432 bits per heavy atom. The van der Waals surface area contributed by atoms with Crippen LogP contribution in [0.4, 0.5) is 0 Å². The summed E-state index contributed by atoms with van der Waals surface area (Å²) in [4.78, 5) is 17.7. The summed E-state index contributed by atoms with van der Waals surface area (Å²) in [7, 11) is 1.05. The van der Waals surface area contributed by atoms with Crippen LogP contribution in [0, 0.1) is 0 Å². The van der Waals surface area contributed by atoms with Gasteiger partial charge in [0.2, 0.25) is 0 Å². The van der Waals surface area contributed by atoms with Crippen LogP contribution in [0.25, 0.3) is 0 Å². The third kappa shape index (κ3) is 32.2. The Morgan fingerprint density at radius 2 is 0.676 bits per heavy atom. The first-order valence-corrected chi connectivity index (χ1v) is 18.4. The van der Waals surface area contributed by atoms with Gasteiger partial charge in [0.25, 0.3) is 0 Å². The molecule has 0 rings (SSSR count). The van der Waals surface area contributed by atoms with Gasteiger partial charge in [-0.3, -0.25) is 4.57 Å². The van der Waals surface area contributed by atoms with Gasteiger partial charge in [-0.1, -0.05) is 142 Å². The van der Waals surface area contributed by atoms with Crippen LogP contribution in [-0.2, 0) is 4.57 Å². The molecule has 0 aliphatic carbocycles. The fourth-order valence-corrected chi connectivity index (χ4v) is 6.11. The maximum atomic E-state index is 10.8. The average Bonchev–Trinajstić information content (AvgIpc) is 2.83. The number of rotatable bonds is 30. The molecule has 0 fully saturated rings. The molecule has 0 unspecified atom stereocenters. The lowest BCUT2D eigenvalue weighted by atomic mass is 10.0. The molecule has 2 N–H and O–H groups in total. The normalized spacial score (nSPS) is 12.5. The van der Waals surface area contributed by atoms with Crippen molar-refractivity contribution in [1.29, 1.82) is 0 Å². The predicted octanol–water partition coefficient (Wildman–Crippen LogP) is 10.4. The zero-order valence-electron chi connectivity index (χ0n) is 25.7. The van der Waals surface area contributed by atoms with E-state index in [1.807, 2.05) is 0 Å². The van der Waals surface area contributed by atoms with Gasteiger partial charge in [0.15, 0.2) is 0 Å². The van der Waals surface area contributed by atoms with E-state index in [1.165, 1.54) is 165 Å². The number of quaternary nitrogens is 1. The number of hydrogen-bond donors (Lipinski definition) is 2. The van der Waals surface area contributed by atoms with Crippen LogP contribution >= 0.6 is 7.60 Å². The number of hydrogen-bond acceptors (Lipinski definition) is 1. The molecule has 0 aromatic carbocycles. The van der Waals surface area contributed by atoms with Crippen LogP contribution in [0.15, 0.2) is 0 Å². The second-order valence-electron chi connectivity index (χ2n) is 12.6. The topological polar surface area (TPSA) is 57.5 Å². The highest BCUT2D eigenvalue weighted by atomic mass is 31.2. The minimum atomic E-state index is -3.78. The molecule has 0 amide bonds. The zero-order chi connectivity index (χ0) is 27.5. The van der Waals surface area contributed by atoms with Gasteiger partial charge in [-0.2, -0.15) is 0 Å². The second kappa shape index (κ2) is 26.3. The van der Waals surface area contributed by atoms with Gasteiger partial charge in [-0.15, -0.1) is 0 Å². The van der Waals surface area contributed by atoms with Crippen molar-refractivity contribution in [2.24, 2.45) is 0 Å². The smallest absolute Gasteiger partial charge is 0.325 e. The summed E-state index contributed by atoms with van der Waals surface area (Å²) >= 11 is 0. The quantitative estimate of drug-likeness (QED) is 0.0535. The van der Waals surface area contributed by atoms with Crippen molar-refractivity contribution < 1.29 is 18.8 Å². The van der Waals surface area contributed by atoms with Gasteiger partial charge in [0, 0.05) is 6.16 Å². The van der Waals surface area contributed by atoms with Crippen molar-refractivity contribution in [3.63, 3.8) is 0 Å². The van der Waals surface area contributed by atoms with E-state index in [0.29, 0.717) is 6.42 Å². The van der Waals surface area contributed by atoms with Crippen LogP contribution in [0.1, 0.15) is 174 Å². The molecule has 0 aromatic rings. The highest BCUT2D eigenvalue weighted by Crippen LogP contribution is 2.35. The van der Waals surface area contributed by atoms with Gasteiger partial charge in [0.05, 0.1) is 27.2 Å². The van der Waals surface area contributed by atoms with Gasteiger partial charge in [-0.05, 0) is 32.1 Å². The van der Waals surface area contributed by atoms with E-state index in [4.69, 9.17) is 9.79 Å². The van der Waals surface area contributed by atoms with E-state index in [9.17, 15) is 4.57 Å². The largest absolute Gasteiger partial charge is 0.328 e. The minimum absolute atomic E-state index is 0.0569. The molecule has 0 spiro atoms. The molecule has 5 heteroatoms. The van der Waals surface area contributed by atoms with Gasteiger partial charge >= 0.3 is 7.60 Å². The molecule has 0 radical (unpaired) electrons. The Hall–Kier alpha value is 0.110. The van der Waals surface area contributed by atoms with Crippen molar-refractivity contribution >= 4 is 7.60 Å². The van der Waals surface area contributed by atoms with Crippen LogP contribution < -0.4 is 0 Å². The molecule has 4 nitrogen and oxygen atoms in total. The summed E-state index contributed by atoms with van der Waals surface area (Å²) in [6.45, 7) is 4.95. The molecule has 0 aliphatic heterocycles. The zero-order valence-corrected chi connectivity index (χ0v) is 26.6. The molecular formula is C32H69NO3P+. The Kier molecular flexibility index (Phi) is 26.4. The summed E-state index contributed by atoms with van der Waals surface area (Å²) in [5, 5.41) is 0. The summed E-state index contributed by atoms with van der Waals surface area (Å²) in [5.41, 5.74) is 0. The lowest BCUT2D eigenvalue weighted by Crippen LogP contribution is -2.41. The standard InChI is InChI=1S/C32H68NO3P/c1-4-5-6-7-8-9-10-11-12-13-14-15-18-21-24-27-30-33(2,3)31-28-25-22-19-16-17-20-23-26-29-32-37(34,35)36/h4-32H2,1-3H3,(H-,34,35,36)/p+1. The highest BCUT2D eigenvalue weighted by Gasteiger charge is 2.13. The highest BCUT2D eigenvalue weighted by molar-refractivity contribution is 7.51. The Labute approximate surface area is 233 Å². The first kappa shape index (κ1) is 37.1. The number of unbranched alkanes of at least 4 members (excludes halogenated alkanes) is 24. The van der Waals surface area contributed by atoms with Gasteiger partial charge in [-0.25, -0.2) is 0 Å². The predicted molar refractivity (Wildman–Crippen MR) is 164 cm³/mol. The van der Waals surface area contributed by atoms with Crippen LogP contribution in [-0.4, -0.2) is 47.6 Å². The van der Waals surface area contributed by atoms with Gasteiger partial charge < -0.3 is 14.3 Å². The van der Waals surface area contributed by atoms with Crippen LogP contribution in [0.5, 0.6) is 0 Å². The average molecular weight is 547 g/mol. The number of nitrogens with zero attached hydrogens (tertiary/aromatic N) is 1. The summed E-state index contributed by atoms with van der Waals surface area (Å²) in [6.07, 6.45) is 35.1. The molecule has 0 saturated carbocycles. The maximum Gasteiger partial charge on any atom is 0.325 e. The molecule has 0 aliphatic rings. The monoisotopic (exact) mass is 547 g/mol. The Bertz CT molecular complexity index is 506. The van der Waals surface area contributed by atoms with E-state index in [0.717, 1.165) is 12.8 Å². The van der Waals surface area contributed by atoms with E-state index < -0.39 is 7.60 Å². The molecule has 0 atom stereocenters. The van der Waals surface area contributed by atoms with Crippen LogP contribution in [0.2, 0.25) is 0 Å². The van der Waals surface area contributed by atoms with E-state index in [1.54, 1.807) is 0 Å². The van der Waals surface area contributed by atoms with E-state index >= 15 is 0 Å². The minimum Gasteiger partial charge on any atom is -0.328 e. The molecule has 0 heterocycles. The molecule has 0 saturated heterocycles. The van der Waals surface area contributed by atoms with Crippen molar-refractivity contribution in [2.45, 2.75) is 174 Å². The second-order valence-corrected chi connectivity index (χ2v) is 14.4. The van der Waals surface area contributed by atoms with Gasteiger partial charge in [0.1, 0.15) is 0 Å². The SMILES string of the molecule is CCCCCCCCCCCCCCCCCC[N+](C)(C)CCCCCCCCCCCCP(=O)(O)O. The molecule has 0 aromatic heterocycles. The van der Waals surface area contributed by atoms with Crippen LogP contribution in [0.3, 0.4) is 0 Å². The molecular weight excluding hydrogens is 477 g/mol. The maximum absolute atomic E-state index is 10.8. The third-order valence-corrected chi connectivity index (χ3v) is 8.98. The van der Waals surface area contributed by atoms with E-state index in [-0.39, 0.29) is 6.16 Å². The molecule has 37 heavy (non-hydrogen) atoms. The van der Waals surface area contributed by atoms with E-state index in [2.05, 4.69) is 21.0 Å². The third-order valence-electron chi connectivity index (χ3n) is 8.08. The van der Waals surface area contributed by atoms with Crippen molar-refractivity contribution in [1.82, 2.24) is 0 Å². The molecule has 224 valence electrons. The summed E-state index contributed by atoms with van der Waals surface area (Å²) in [6, 6.07) is 0. The summed E-state index contributed by atoms with van der Waals surface area (Å²) < 4.78 is 12.0. The Balaban J connectivity index is 3.31. The summed E-state index contributed by atoms with van der Waals surface area (Å²) in [5.74, 6) is 0. The lowest BCUT2D eigenvalue weighted by molar-refractivity contribution is -0.890. The lowest BCUT2D eigenvalue weighted by Gasteiger charge is -2.30.